The topological polar surface area (TPSA) is 131 Å². The summed E-state index contributed by atoms with van der Waals surface area (Å²) in [5.41, 5.74) is 1.56. The first kappa shape index (κ1) is 32.9. The van der Waals surface area contributed by atoms with Gasteiger partial charge < -0.3 is 19.3 Å². The summed E-state index contributed by atoms with van der Waals surface area (Å²) in [6.07, 6.45) is -0.732. The normalized spacial score (nSPS) is 17.5. The van der Waals surface area contributed by atoms with Crippen LogP contribution in [0.2, 0.25) is 0 Å². The number of likely N-dealkylation sites (tertiary alicyclic amines) is 1. The highest BCUT2D eigenvalue weighted by molar-refractivity contribution is 7.89. The number of piperidine rings is 1. The number of nitrogens with one attached hydrogen (secondary N) is 1. The second-order valence-corrected chi connectivity index (χ2v) is 11.7. The minimum Gasteiger partial charge on any atom is -0.493 e. The number of rotatable bonds is 9. The summed E-state index contributed by atoms with van der Waals surface area (Å²) in [7, 11) is -0.582. The molecule has 0 bridgehead atoms. The lowest BCUT2D eigenvalue weighted by Crippen LogP contribution is -2.40. The van der Waals surface area contributed by atoms with Crippen molar-refractivity contribution < 1.29 is 54.9 Å². The number of aliphatic carboxylic acids is 1. The predicted molar refractivity (Wildman–Crippen MR) is 143 cm³/mol. The van der Waals surface area contributed by atoms with Crippen molar-refractivity contribution in [3.05, 3.63) is 52.8 Å². The van der Waals surface area contributed by atoms with Crippen LogP contribution in [0.15, 0.2) is 30.3 Å². The molecule has 2 fully saturated rings. The van der Waals surface area contributed by atoms with Gasteiger partial charge in [0.15, 0.2) is 11.5 Å². The van der Waals surface area contributed by atoms with E-state index in [0.29, 0.717) is 30.3 Å². The number of ether oxygens (including phenoxy) is 3. The Labute approximate surface area is 240 Å². The van der Waals surface area contributed by atoms with Crippen LogP contribution in [0.3, 0.4) is 0 Å². The quantitative estimate of drug-likeness (QED) is 0.398. The number of sulfonamides is 1. The van der Waals surface area contributed by atoms with Crippen LogP contribution >= 0.6 is 0 Å². The first-order chi connectivity index (χ1) is 19.6. The molecule has 2 N–H and O–H groups in total. The van der Waals surface area contributed by atoms with E-state index in [1.165, 1.54) is 12.1 Å². The molecule has 2 aromatic rings. The maximum absolute atomic E-state index is 14.8. The number of carboxylic acid groups (broad SMARTS) is 1. The minimum atomic E-state index is -5.08. The fourth-order valence-electron chi connectivity index (χ4n) is 4.45. The van der Waals surface area contributed by atoms with Gasteiger partial charge >= 0.3 is 12.1 Å². The van der Waals surface area contributed by atoms with Crippen molar-refractivity contribution in [3.8, 4) is 17.2 Å². The molecule has 1 amide bonds. The van der Waals surface area contributed by atoms with Gasteiger partial charge in [-0.05, 0) is 67.5 Å². The number of nitrogens with zero attached hydrogens (tertiary/aromatic N) is 1. The number of halogens is 4. The lowest BCUT2D eigenvalue weighted by atomic mass is 10.0. The Morgan fingerprint density at radius 2 is 1.69 bits per heavy atom. The molecule has 1 aliphatic heterocycles. The number of hydrogen-bond acceptors (Lipinski definition) is 8. The van der Waals surface area contributed by atoms with Crippen molar-refractivity contribution in [1.82, 2.24) is 9.62 Å². The summed E-state index contributed by atoms with van der Waals surface area (Å²) in [5.74, 6) is -2.56. The van der Waals surface area contributed by atoms with Crippen LogP contribution in [0.5, 0.6) is 17.2 Å². The zero-order valence-corrected chi connectivity index (χ0v) is 24.0. The van der Waals surface area contributed by atoms with Crippen molar-refractivity contribution >= 4 is 21.9 Å². The van der Waals surface area contributed by atoms with Crippen molar-refractivity contribution in [1.29, 1.82) is 0 Å². The lowest BCUT2D eigenvalue weighted by molar-refractivity contribution is -0.192. The van der Waals surface area contributed by atoms with E-state index in [-0.39, 0.29) is 17.6 Å². The van der Waals surface area contributed by atoms with Gasteiger partial charge in [-0.1, -0.05) is 6.07 Å². The monoisotopic (exact) mass is 620 g/mol. The molecule has 1 heterocycles. The van der Waals surface area contributed by atoms with Gasteiger partial charge in [-0.3, -0.25) is 9.69 Å². The molecule has 4 rings (SSSR count). The summed E-state index contributed by atoms with van der Waals surface area (Å²) in [4.78, 5) is 23.5. The average Bonchev–Trinajstić information content (AvgIpc) is 3.73. The zero-order chi connectivity index (χ0) is 31.2. The molecule has 1 unspecified atom stereocenters. The number of amides is 1. The first-order valence-corrected chi connectivity index (χ1v) is 14.8. The van der Waals surface area contributed by atoms with Crippen LogP contribution < -0.4 is 18.9 Å². The summed E-state index contributed by atoms with van der Waals surface area (Å²) in [6.45, 7) is 2.31. The molecule has 2 aliphatic rings. The Balaban J connectivity index is 0.000000616. The van der Waals surface area contributed by atoms with Gasteiger partial charge in [-0.15, -0.1) is 0 Å². The van der Waals surface area contributed by atoms with Crippen molar-refractivity contribution in [3.63, 3.8) is 0 Å². The Morgan fingerprint density at radius 3 is 2.24 bits per heavy atom. The van der Waals surface area contributed by atoms with E-state index < -0.39 is 33.9 Å². The van der Waals surface area contributed by atoms with Gasteiger partial charge in [0.1, 0.15) is 17.7 Å². The molecule has 1 aliphatic carbocycles. The second kappa shape index (κ2) is 13.6. The van der Waals surface area contributed by atoms with Crippen molar-refractivity contribution in [2.75, 3.05) is 33.6 Å². The zero-order valence-electron chi connectivity index (χ0n) is 23.2. The number of carboxylic acids is 1. The molecule has 15 heteroatoms. The Bertz CT molecular complexity index is 1400. The molecule has 1 saturated carbocycles. The molecule has 42 heavy (non-hydrogen) atoms. The van der Waals surface area contributed by atoms with Gasteiger partial charge in [-0.25, -0.2) is 22.3 Å². The largest absolute Gasteiger partial charge is 0.493 e. The molecule has 10 nitrogen and oxygen atoms in total. The molecule has 1 atom stereocenters. The highest BCUT2D eigenvalue weighted by atomic mass is 32.2. The summed E-state index contributed by atoms with van der Waals surface area (Å²) in [5, 5.41) is 7.12. The number of methoxy groups -OCH3 is 2. The van der Waals surface area contributed by atoms with Gasteiger partial charge in [0.05, 0.1) is 26.0 Å². The maximum atomic E-state index is 14.8. The van der Waals surface area contributed by atoms with E-state index in [2.05, 4.69) is 4.90 Å². The van der Waals surface area contributed by atoms with Gasteiger partial charge in [0.25, 0.3) is 5.91 Å². The molecular weight excluding hydrogens is 588 g/mol. The van der Waals surface area contributed by atoms with E-state index in [9.17, 15) is 30.8 Å². The molecular formula is C27H32F4N2O8S. The standard InChI is InChI=1S/C25H31FN2O6S.C2HF3O2/c1-32-22-9-6-16(11-24(22)33-2)14-28-10-4-5-18(15-28)34-23-13-21(26)20(12-19(23)17-7-8-17)25(29)27-35(3,30)31;3-2(4,5)1(6)7/h6,9,11-13,17-18H,4-5,7-8,10,14-15H2,1-3H3,(H,27,29);(H,6,7). The Kier molecular flexibility index (Phi) is 10.7. The molecule has 232 valence electrons. The van der Waals surface area contributed by atoms with Crippen LogP contribution in [0.4, 0.5) is 17.6 Å². The average molecular weight is 621 g/mol. The fourth-order valence-corrected chi connectivity index (χ4v) is 4.90. The van der Waals surface area contributed by atoms with Gasteiger partial charge in [0, 0.05) is 19.2 Å². The lowest BCUT2D eigenvalue weighted by Gasteiger charge is -2.33. The van der Waals surface area contributed by atoms with Crippen molar-refractivity contribution in [2.24, 2.45) is 0 Å². The van der Waals surface area contributed by atoms with Crippen LogP contribution in [0.25, 0.3) is 0 Å². The Hall–Kier alpha value is -3.59. The number of benzene rings is 2. The molecule has 0 spiro atoms. The number of alkyl halides is 3. The smallest absolute Gasteiger partial charge is 0.490 e. The number of carbonyl (C=O) groups excluding carboxylic acids is 1. The maximum Gasteiger partial charge on any atom is 0.490 e. The summed E-state index contributed by atoms with van der Waals surface area (Å²) < 4.78 is 88.2. The van der Waals surface area contributed by atoms with Crippen LogP contribution in [-0.2, 0) is 21.4 Å². The van der Waals surface area contributed by atoms with Crippen molar-refractivity contribution in [2.45, 2.75) is 50.4 Å². The number of hydrogen-bond donors (Lipinski definition) is 2. The van der Waals surface area contributed by atoms with E-state index in [0.717, 1.165) is 49.6 Å². The van der Waals surface area contributed by atoms with Gasteiger partial charge in [-0.2, -0.15) is 13.2 Å². The molecule has 0 aromatic heterocycles. The van der Waals surface area contributed by atoms with Crippen LogP contribution in [0.1, 0.15) is 53.1 Å². The van der Waals surface area contributed by atoms with Gasteiger partial charge in [0.2, 0.25) is 10.0 Å². The van der Waals surface area contributed by atoms with E-state index in [1.807, 2.05) is 22.9 Å². The minimum absolute atomic E-state index is 0.128. The van der Waals surface area contributed by atoms with E-state index in [4.69, 9.17) is 24.1 Å². The molecule has 1 saturated heterocycles. The highest BCUT2D eigenvalue weighted by Crippen LogP contribution is 2.45. The van der Waals surface area contributed by atoms with Crippen LogP contribution in [0, 0.1) is 5.82 Å². The van der Waals surface area contributed by atoms with E-state index in [1.54, 1.807) is 14.2 Å². The third kappa shape index (κ3) is 9.48. The molecule has 2 aromatic carbocycles. The predicted octanol–water partition coefficient (Wildman–Crippen LogP) is 4.09. The molecule has 0 radical (unpaired) electrons. The second-order valence-electron chi connectivity index (χ2n) is 9.96. The third-order valence-corrected chi connectivity index (χ3v) is 7.05. The fraction of sp³-hybridized carbons (Fsp3) is 0.481. The highest BCUT2D eigenvalue weighted by Gasteiger charge is 2.38. The SMILES string of the molecule is COc1ccc(CN2CCCC(Oc3cc(F)c(C(=O)NS(C)(=O)=O)cc3C3CC3)C2)cc1OC.O=C(O)C(F)(F)F. The Morgan fingerprint density at radius 1 is 1.05 bits per heavy atom. The van der Waals surface area contributed by atoms with Crippen LogP contribution in [-0.4, -0.2) is 76.1 Å². The third-order valence-electron chi connectivity index (χ3n) is 6.49. The summed E-state index contributed by atoms with van der Waals surface area (Å²) in [6, 6.07) is 8.51. The summed E-state index contributed by atoms with van der Waals surface area (Å²) >= 11 is 0. The number of carbonyl (C=O) groups is 2. The van der Waals surface area contributed by atoms with E-state index >= 15 is 0 Å². The first-order valence-electron chi connectivity index (χ1n) is 12.9.